The van der Waals surface area contributed by atoms with Crippen LogP contribution in [0.5, 0.6) is 0 Å². The number of nitrogens with one attached hydrogen (secondary N) is 4. The minimum Gasteiger partial charge on any atom is -0.398 e. The van der Waals surface area contributed by atoms with Crippen LogP contribution in [0, 0.1) is 12.3 Å². The van der Waals surface area contributed by atoms with Crippen LogP contribution < -0.4 is 21.9 Å². The monoisotopic (exact) mass is 358 g/mol. The van der Waals surface area contributed by atoms with Crippen molar-refractivity contribution < 1.29 is 18.0 Å². The van der Waals surface area contributed by atoms with Gasteiger partial charge in [0.2, 0.25) is 0 Å². The highest BCUT2D eigenvalue weighted by atomic mass is 19.4. The molecule has 0 aliphatic rings. The molecular formula is C14H17F3N6O2. The molecule has 0 saturated carbocycles. The van der Waals surface area contributed by atoms with E-state index < -0.39 is 24.2 Å². The van der Waals surface area contributed by atoms with Crippen LogP contribution in [0.2, 0.25) is 0 Å². The first kappa shape index (κ1) is 19.9. The first-order chi connectivity index (χ1) is 11.6. The summed E-state index contributed by atoms with van der Waals surface area (Å²) >= 11 is 0. The van der Waals surface area contributed by atoms with Gasteiger partial charge in [0.05, 0.1) is 11.3 Å². The Bertz CT molecular complexity index is 780. The van der Waals surface area contributed by atoms with E-state index in [0.717, 1.165) is 6.08 Å². The molecule has 1 aromatic heterocycles. The third-order valence-corrected chi connectivity index (χ3v) is 2.99. The molecule has 0 saturated heterocycles. The van der Waals surface area contributed by atoms with E-state index in [9.17, 15) is 22.8 Å². The first-order valence-electron chi connectivity index (χ1n) is 6.88. The average molecular weight is 358 g/mol. The quantitative estimate of drug-likeness (QED) is 0.471. The minimum absolute atomic E-state index is 0.0281. The maximum Gasteiger partial charge on any atom is 0.405 e. The molecule has 1 heterocycles. The van der Waals surface area contributed by atoms with E-state index in [1.54, 1.807) is 6.92 Å². The number of aryl methyl sites for hydroxylation is 1. The number of carbonyl (C=O) groups excluding carboxylic acids is 1. The Balaban J connectivity index is 3.11. The Morgan fingerprint density at radius 2 is 2.12 bits per heavy atom. The number of aromatic nitrogens is 1. The zero-order valence-electron chi connectivity index (χ0n) is 13.4. The topological polar surface area (TPSA) is 136 Å². The fraction of sp³-hybridized carbons (Fsp3) is 0.286. The molecule has 1 aromatic rings. The summed E-state index contributed by atoms with van der Waals surface area (Å²) in [6.07, 6.45) is -1.56. The number of nitrogen functional groups attached to an aromatic ring is 1. The van der Waals surface area contributed by atoms with Gasteiger partial charge in [0, 0.05) is 19.5 Å². The van der Waals surface area contributed by atoms with E-state index in [1.165, 1.54) is 13.2 Å². The molecule has 6 N–H and O–H groups in total. The Hall–Kier alpha value is -3.11. The lowest BCUT2D eigenvalue weighted by molar-refractivity contribution is -0.124. The zero-order chi connectivity index (χ0) is 19.2. The molecule has 0 unspecified atom stereocenters. The third-order valence-electron chi connectivity index (χ3n) is 2.99. The molecule has 0 atom stereocenters. The molecule has 0 bridgehead atoms. The van der Waals surface area contributed by atoms with E-state index in [2.05, 4.69) is 15.3 Å². The van der Waals surface area contributed by atoms with Crippen LogP contribution in [-0.4, -0.2) is 42.6 Å². The molecule has 1 amide bonds. The van der Waals surface area contributed by atoms with E-state index in [4.69, 9.17) is 11.1 Å². The molecule has 0 spiro atoms. The van der Waals surface area contributed by atoms with E-state index in [1.807, 2.05) is 5.32 Å². The number of hydrogen-bond donors (Lipinski definition) is 5. The molecule has 0 aliphatic carbocycles. The summed E-state index contributed by atoms with van der Waals surface area (Å²) in [4.78, 5) is 30.4. The van der Waals surface area contributed by atoms with Crippen molar-refractivity contribution in [2.45, 2.75) is 13.1 Å². The van der Waals surface area contributed by atoms with Gasteiger partial charge in [-0.05, 0) is 18.6 Å². The summed E-state index contributed by atoms with van der Waals surface area (Å²) in [7, 11) is 1.24. The van der Waals surface area contributed by atoms with Crippen molar-refractivity contribution in [1.82, 2.24) is 15.6 Å². The second kappa shape index (κ2) is 8.13. The number of carbonyl (C=O) groups is 1. The van der Waals surface area contributed by atoms with Crippen molar-refractivity contribution in [1.29, 1.82) is 5.41 Å². The summed E-state index contributed by atoms with van der Waals surface area (Å²) in [5.41, 5.74) is 5.12. The van der Waals surface area contributed by atoms with Crippen LogP contribution in [-0.2, 0) is 4.79 Å². The highest BCUT2D eigenvalue weighted by Gasteiger charge is 2.28. The number of nitrogens with zero attached hydrogens (tertiary/aromatic N) is 1. The molecular weight excluding hydrogens is 341 g/mol. The number of aromatic amines is 1. The number of alkyl halides is 3. The predicted octanol–water partition coefficient (Wildman–Crippen LogP) is 0.443. The summed E-state index contributed by atoms with van der Waals surface area (Å²) in [6.45, 7) is 0.184. The lowest BCUT2D eigenvalue weighted by Crippen LogP contribution is -2.41. The number of hydrogen-bond acceptors (Lipinski definition) is 6. The molecule has 25 heavy (non-hydrogen) atoms. The maximum absolute atomic E-state index is 12.3. The van der Waals surface area contributed by atoms with Gasteiger partial charge in [-0.15, -0.1) is 0 Å². The van der Waals surface area contributed by atoms with Gasteiger partial charge in [0.25, 0.3) is 11.5 Å². The Labute approximate surface area is 140 Å². The molecule has 0 radical (unpaired) electrons. The van der Waals surface area contributed by atoms with Crippen molar-refractivity contribution >= 4 is 23.5 Å². The summed E-state index contributed by atoms with van der Waals surface area (Å²) in [5.74, 6) is -1.32. The highest BCUT2D eigenvalue weighted by molar-refractivity contribution is 6.46. The Kier molecular flexibility index (Phi) is 6.48. The van der Waals surface area contributed by atoms with Crippen molar-refractivity contribution in [3.05, 3.63) is 39.6 Å². The number of anilines is 1. The number of aliphatic imine (C=N–C) groups is 1. The second-order valence-corrected chi connectivity index (χ2v) is 4.83. The summed E-state index contributed by atoms with van der Waals surface area (Å²) < 4.78 is 36.9. The average Bonchev–Trinajstić information content (AvgIpc) is 2.52. The van der Waals surface area contributed by atoms with Gasteiger partial charge in [0.15, 0.2) is 0 Å². The molecule has 11 heteroatoms. The van der Waals surface area contributed by atoms with E-state index in [-0.39, 0.29) is 22.8 Å². The van der Waals surface area contributed by atoms with Gasteiger partial charge < -0.3 is 26.8 Å². The fourth-order valence-electron chi connectivity index (χ4n) is 1.81. The Morgan fingerprint density at radius 1 is 1.48 bits per heavy atom. The second-order valence-electron chi connectivity index (χ2n) is 4.83. The predicted molar refractivity (Wildman–Crippen MR) is 87.7 cm³/mol. The highest BCUT2D eigenvalue weighted by Crippen LogP contribution is 2.14. The van der Waals surface area contributed by atoms with Gasteiger partial charge in [0.1, 0.15) is 18.1 Å². The van der Waals surface area contributed by atoms with Gasteiger partial charge in [-0.25, -0.2) is 0 Å². The van der Waals surface area contributed by atoms with Crippen molar-refractivity contribution in [2.75, 3.05) is 19.3 Å². The minimum atomic E-state index is -4.52. The number of nitrogens with two attached hydrogens (primary N) is 1. The molecule has 1 rings (SSSR count). The van der Waals surface area contributed by atoms with Crippen molar-refractivity contribution in [2.24, 2.45) is 4.99 Å². The lowest BCUT2D eigenvalue weighted by atomic mass is 10.1. The van der Waals surface area contributed by atoms with E-state index in [0.29, 0.717) is 11.8 Å². The van der Waals surface area contributed by atoms with Crippen molar-refractivity contribution in [3.8, 4) is 0 Å². The number of allylic oxidation sites excluding steroid dienone is 1. The molecule has 0 fully saturated rings. The zero-order valence-corrected chi connectivity index (χ0v) is 13.4. The van der Waals surface area contributed by atoms with Crippen LogP contribution in [0.3, 0.4) is 0 Å². The number of H-pyrrole nitrogens is 1. The summed E-state index contributed by atoms with van der Waals surface area (Å²) in [5, 5.41) is 11.0. The van der Waals surface area contributed by atoms with Crippen LogP contribution >= 0.6 is 0 Å². The largest absolute Gasteiger partial charge is 0.405 e. The summed E-state index contributed by atoms with van der Waals surface area (Å²) in [6, 6.07) is 0. The van der Waals surface area contributed by atoms with Crippen LogP contribution in [0.25, 0.3) is 0 Å². The molecule has 8 nitrogen and oxygen atoms in total. The molecule has 0 aliphatic heterocycles. The van der Waals surface area contributed by atoms with Crippen LogP contribution in [0.1, 0.15) is 11.1 Å². The SMILES string of the molecule is C/N=C(/C(=O)N/C(=C/C=N)NCC(F)(F)F)c1c(N)c(C)c[nH]c1=O. The molecule has 136 valence electrons. The molecule has 0 aromatic carbocycles. The normalized spacial score (nSPS) is 12.7. The van der Waals surface area contributed by atoms with Gasteiger partial charge in [-0.1, -0.05) is 0 Å². The number of halogens is 3. The number of pyridine rings is 1. The van der Waals surface area contributed by atoms with E-state index >= 15 is 0 Å². The van der Waals surface area contributed by atoms with Gasteiger partial charge >= 0.3 is 6.18 Å². The number of amides is 1. The van der Waals surface area contributed by atoms with Crippen LogP contribution in [0.4, 0.5) is 18.9 Å². The maximum atomic E-state index is 12.3. The smallest absolute Gasteiger partial charge is 0.398 e. The Morgan fingerprint density at radius 3 is 2.64 bits per heavy atom. The van der Waals surface area contributed by atoms with Gasteiger partial charge in [-0.2, -0.15) is 13.2 Å². The van der Waals surface area contributed by atoms with Gasteiger partial charge in [-0.3, -0.25) is 14.6 Å². The fourth-order valence-corrected chi connectivity index (χ4v) is 1.81. The van der Waals surface area contributed by atoms with Crippen molar-refractivity contribution in [3.63, 3.8) is 0 Å². The first-order valence-corrected chi connectivity index (χ1v) is 6.88. The van der Waals surface area contributed by atoms with Crippen LogP contribution in [0.15, 0.2) is 27.9 Å². The third kappa shape index (κ3) is 5.48. The standard InChI is InChI=1S/C14H17F3N6O2/c1-7-5-21-12(24)9(10(7)19)11(20-2)13(25)23-8(3-4-18)22-6-14(15,16)17/h3-5,18,22H,6H2,1-2H3,(H,23,25)(H3,19,21,24)/b8-3+,18-4?,20-11+. The lowest BCUT2D eigenvalue weighted by Gasteiger charge is -2.15. The number of rotatable bonds is 6.